The van der Waals surface area contributed by atoms with Crippen molar-refractivity contribution in [1.82, 2.24) is 24.1 Å². The van der Waals surface area contributed by atoms with Crippen molar-refractivity contribution in [2.24, 2.45) is 0 Å². The van der Waals surface area contributed by atoms with Crippen LogP contribution in [0.3, 0.4) is 0 Å². The van der Waals surface area contributed by atoms with Gasteiger partial charge < -0.3 is 14.5 Å². The van der Waals surface area contributed by atoms with E-state index in [1.165, 1.54) is 9.08 Å². The molecule has 0 atom stereocenters. The van der Waals surface area contributed by atoms with Crippen LogP contribution in [0, 0.1) is 6.92 Å². The van der Waals surface area contributed by atoms with E-state index >= 15 is 0 Å². The van der Waals surface area contributed by atoms with Crippen molar-refractivity contribution in [1.29, 1.82) is 0 Å². The summed E-state index contributed by atoms with van der Waals surface area (Å²) in [5.74, 6) is 1.25. The van der Waals surface area contributed by atoms with Crippen LogP contribution in [-0.4, -0.2) is 63.3 Å². The van der Waals surface area contributed by atoms with E-state index in [1.807, 2.05) is 53.4 Å². The minimum Gasteiger partial charge on any atom is -0.495 e. The zero-order chi connectivity index (χ0) is 22.2. The topological polar surface area (TPSA) is 85.0 Å². The molecular formula is C23H24N6O3. The van der Waals surface area contributed by atoms with Gasteiger partial charge in [-0.2, -0.15) is 4.52 Å². The number of anilines is 1. The fourth-order valence-corrected chi connectivity index (χ4v) is 4.31. The third kappa shape index (κ3) is 3.35. The van der Waals surface area contributed by atoms with Gasteiger partial charge in [-0.3, -0.25) is 9.36 Å². The SMILES string of the molecule is COc1ccccc1N1CCN(C(=O)Cn2c(=O)n3nc(C)nc3c3ccccc32)CC1. The van der Waals surface area contributed by atoms with Gasteiger partial charge >= 0.3 is 5.69 Å². The van der Waals surface area contributed by atoms with Crippen LogP contribution in [0.1, 0.15) is 5.82 Å². The first-order valence-electron chi connectivity index (χ1n) is 10.6. The number of carbonyl (C=O) groups is 1. The van der Waals surface area contributed by atoms with Crippen molar-refractivity contribution in [2.75, 3.05) is 38.2 Å². The predicted octanol–water partition coefficient (Wildman–Crippen LogP) is 1.71. The molecule has 0 aliphatic carbocycles. The fraction of sp³-hybridized carbons (Fsp3) is 0.304. The smallest absolute Gasteiger partial charge is 0.351 e. The molecule has 9 heteroatoms. The monoisotopic (exact) mass is 432 g/mol. The standard InChI is InChI=1S/C23H24N6O3/c1-16-24-22-17-7-3-4-8-18(17)28(23(31)29(22)25-16)15-21(30)27-13-11-26(12-14-27)19-9-5-6-10-20(19)32-2/h3-10H,11-15H2,1-2H3. The van der Waals surface area contributed by atoms with Crippen molar-refractivity contribution < 1.29 is 9.53 Å². The van der Waals surface area contributed by atoms with E-state index in [9.17, 15) is 9.59 Å². The van der Waals surface area contributed by atoms with Gasteiger partial charge in [0.2, 0.25) is 5.91 Å². The van der Waals surface area contributed by atoms with Crippen LogP contribution in [0.4, 0.5) is 5.69 Å². The highest BCUT2D eigenvalue weighted by atomic mass is 16.5. The normalized spacial score (nSPS) is 14.3. The Labute approximate surface area is 184 Å². The summed E-state index contributed by atoms with van der Waals surface area (Å²) >= 11 is 0. The van der Waals surface area contributed by atoms with Crippen LogP contribution < -0.4 is 15.3 Å². The number of benzene rings is 2. The Bertz CT molecular complexity index is 1370. The van der Waals surface area contributed by atoms with Gasteiger partial charge in [-0.15, -0.1) is 5.10 Å². The molecule has 2 aromatic heterocycles. The van der Waals surface area contributed by atoms with Gasteiger partial charge in [-0.05, 0) is 31.2 Å². The molecule has 32 heavy (non-hydrogen) atoms. The number of nitrogens with zero attached hydrogens (tertiary/aromatic N) is 6. The van der Waals surface area contributed by atoms with Crippen LogP contribution in [0.15, 0.2) is 53.3 Å². The second-order valence-corrected chi connectivity index (χ2v) is 7.82. The molecule has 164 valence electrons. The predicted molar refractivity (Wildman–Crippen MR) is 121 cm³/mol. The number of hydrogen-bond donors (Lipinski definition) is 0. The highest BCUT2D eigenvalue weighted by Crippen LogP contribution is 2.28. The molecule has 1 aliphatic rings. The summed E-state index contributed by atoms with van der Waals surface area (Å²) in [6, 6.07) is 15.4. The molecule has 4 aromatic rings. The maximum Gasteiger partial charge on any atom is 0.351 e. The molecular weight excluding hydrogens is 408 g/mol. The van der Waals surface area contributed by atoms with Crippen molar-refractivity contribution in [3.63, 3.8) is 0 Å². The fourth-order valence-electron chi connectivity index (χ4n) is 4.31. The molecule has 5 rings (SSSR count). The number of ether oxygens (including phenoxy) is 1. The Morgan fingerprint density at radius 1 is 1.03 bits per heavy atom. The first-order valence-corrected chi connectivity index (χ1v) is 10.6. The van der Waals surface area contributed by atoms with E-state index in [2.05, 4.69) is 15.0 Å². The minimum atomic E-state index is -0.361. The van der Waals surface area contributed by atoms with E-state index in [1.54, 1.807) is 14.0 Å². The average molecular weight is 432 g/mol. The molecule has 1 saturated heterocycles. The number of methoxy groups -OCH3 is 1. The molecule has 1 amide bonds. The molecule has 3 heterocycles. The summed E-state index contributed by atoms with van der Waals surface area (Å²) in [5, 5.41) is 5.02. The maximum atomic E-state index is 13.1. The molecule has 1 fully saturated rings. The zero-order valence-electron chi connectivity index (χ0n) is 18.1. The number of hydrogen-bond acceptors (Lipinski definition) is 6. The summed E-state index contributed by atoms with van der Waals surface area (Å²) in [6.45, 7) is 4.26. The van der Waals surface area contributed by atoms with Crippen molar-refractivity contribution in [3.8, 4) is 5.75 Å². The summed E-state index contributed by atoms with van der Waals surface area (Å²) in [4.78, 5) is 34.7. The van der Waals surface area contributed by atoms with E-state index in [0.717, 1.165) is 16.8 Å². The van der Waals surface area contributed by atoms with E-state index in [-0.39, 0.29) is 18.1 Å². The lowest BCUT2D eigenvalue weighted by molar-refractivity contribution is -0.132. The van der Waals surface area contributed by atoms with Crippen molar-refractivity contribution in [3.05, 3.63) is 64.8 Å². The number of amides is 1. The lowest BCUT2D eigenvalue weighted by Crippen LogP contribution is -2.50. The van der Waals surface area contributed by atoms with Gasteiger partial charge in [0, 0.05) is 31.6 Å². The molecule has 0 bridgehead atoms. The van der Waals surface area contributed by atoms with Crippen molar-refractivity contribution in [2.45, 2.75) is 13.5 Å². The number of carbonyl (C=O) groups excluding carboxylic acids is 1. The van der Waals surface area contributed by atoms with Crippen LogP contribution in [-0.2, 0) is 11.3 Å². The Kier molecular flexibility index (Phi) is 5.01. The Morgan fingerprint density at radius 3 is 2.53 bits per heavy atom. The molecule has 0 saturated carbocycles. The Morgan fingerprint density at radius 2 is 1.75 bits per heavy atom. The summed E-state index contributed by atoms with van der Waals surface area (Å²) in [6.07, 6.45) is 0. The van der Waals surface area contributed by atoms with Gasteiger partial charge in [0.1, 0.15) is 18.1 Å². The second-order valence-electron chi connectivity index (χ2n) is 7.82. The molecule has 9 nitrogen and oxygen atoms in total. The van der Waals surface area contributed by atoms with Crippen LogP contribution in [0.5, 0.6) is 5.75 Å². The summed E-state index contributed by atoms with van der Waals surface area (Å²) < 4.78 is 8.24. The zero-order valence-corrected chi connectivity index (χ0v) is 18.1. The highest BCUT2D eigenvalue weighted by Gasteiger charge is 2.24. The largest absolute Gasteiger partial charge is 0.495 e. The highest BCUT2D eigenvalue weighted by molar-refractivity contribution is 5.92. The molecule has 0 N–H and O–H groups in total. The Balaban J connectivity index is 1.39. The molecule has 2 aromatic carbocycles. The van der Waals surface area contributed by atoms with Gasteiger partial charge in [-0.1, -0.05) is 24.3 Å². The second kappa shape index (κ2) is 7.99. The number of aryl methyl sites for hydroxylation is 1. The van der Waals surface area contributed by atoms with E-state index in [0.29, 0.717) is 43.2 Å². The first kappa shape index (κ1) is 20.0. The van der Waals surface area contributed by atoms with Gasteiger partial charge in [-0.25, -0.2) is 9.78 Å². The molecule has 1 aliphatic heterocycles. The van der Waals surface area contributed by atoms with Crippen LogP contribution >= 0.6 is 0 Å². The first-order chi connectivity index (χ1) is 15.6. The average Bonchev–Trinajstić information content (AvgIpc) is 3.23. The summed E-state index contributed by atoms with van der Waals surface area (Å²) in [5.41, 5.74) is 1.85. The number of piperazine rings is 1. The summed E-state index contributed by atoms with van der Waals surface area (Å²) in [7, 11) is 1.66. The van der Waals surface area contributed by atoms with E-state index < -0.39 is 0 Å². The molecule has 0 unspecified atom stereocenters. The third-order valence-corrected chi connectivity index (χ3v) is 5.91. The minimum absolute atomic E-state index is 0.0388. The lowest BCUT2D eigenvalue weighted by atomic mass is 10.2. The number of para-hydroxylation sites is 3. The molecule has 0 radical (unpaired) electrons. The Hall–Kier alpha value is -3.88. The lowest BCUT2D eigenvalue weighted by Gasteiger charge is -2.36. The number of rotatable bonds is 4. The third-order valence-electron chi connectivity index (χ3n) is 5.91. The molecule has 0 spiro atoms. The van der Waals surface area contributed by atoms with Crippen molar-refractivity contribution >= 4 is 28.1 Å². The van der Waals surface area contributed by atoms with Gasteiger partial charge in [0.25, 0.3) is 0 Å². The maximum absolute atomic E-state index is 13.1. The quantitative estimate of drug-likeness (QED) is 0.488. The van der Waals surface area contributed by atoms with E-state index in [4.69, 9.17) is 4.74 Å². The van der Waals surface area contributed by atoms with Crippen LogP contribution in [0.2, 0.25) is 0 Å². The number of aromatic nitrogens is 4. The van der Waals surface area contributed by atoms with Gasteiger partial charge in [0.05, 0.1) is 18.3 Å². The van der Waals surface area contributed by atoms with Crippen LogP contribution in [0.25, 0.3) is 16.6 Å². The number of fused-ring (bicyclic) bond motifs is 3. The van der Waals surface area contributed by atoms with Gasteiger partial charge in [0.15, 0.2) is 5.65 Å².